The highest BCUT2D eigenvalue weighted by molar-refractivity contribution is 6.09. The largest absolute Gasteiger partial charge is 0.481 e. The first-order valence-electron chi connectivity index (χ1n) is 8.36. The number of amides is 1. The van der Waals surface area contributed by atoms with Crippen LogP contribution in [0.5, 0.6) is 5.75 Å². The van der Waals surface area contributed by atoms with Crippen molar-refractivity contribution in [1.82, 2.24) is 0 Å². The number of benzene rings is 3. The molecule has 1 amide bonds. The maximum Gasteiger partial charge on any atom is 0.265 e. The van der Waals surface area contributed by atoms with Crippen LogP contribution in [0.25, 0.3) is 0 Å². The Kier molecular flexibility index (Phi) is 5.44. The van der Waals surface area contributed by atoms with E-state index in [0.717, 1.165) is 5.69 Å². The zero-order chi connectivity index (χ0) is 18.4. The fourth-order valence-electron chi connectivity index (χ4n) is 2.46. The van der Waals surface area contributed by atoms with Crippen LogP contribution >= 0.6 is 0 Å². The average Bonchev–Trinajstić information content (AvgIpc) is 2.69. The molecule has 0 fully saturated rings. The summed E-state index contributed by atoms with van der Waals surface area (Å²) >= 11 is 0. The van der Waals surface area contributed by atoms with Crippen LogP contribution in [-0.2, 0) is 4.79 Å². The van der Waals surface area contributed by atoms with E-state index >= 15 is 0 Å². The molecule has 0 aliphatic carbocycles. The lowest BCUT2D eigenvalue weighted by molar-refractivity contribution is -0.122. The summed E-state index contributed by atoms with van der Waals surface area (Å²) in [7, 11) is 0. The van der Waals surface area contributed by atoms with E-state index in [1.165, 1.54) is 0 Å². The number of rotatable bonds is 6. The van der Waals surface area contributed by atoms with Gasteiger partial charge in [0, 0.05) is 16.8 Å². The lowest BCUT2D eigenvalue weighted by atomic mass is 10.0. The first-order chi connectivity index (χ1) is 12.6. The molecule has 0 bridgehead atoms. The quantitative estimate of drug-likeness (QED) is 0.677. The third kappa shape index (κ3) is 4.36. The molecule has 3 rings (SSSR count). The maximum atomic E-state index is 12.4. The molecule has 0 unspecified atom stereocenters. The smallest absolute Gasteiger partial charge is 0.265 e. The Bertz CT molecular complexity index is 874. The topological polar surface area (TPSA) is 55.4 Å². The van der Waals surface area contributed by atoms with Crippen LogP contribution < -0.4 is 10.1 Å². The number of hydrogen-bond acceptors (Lipinski definition) is 3. The van der Waals surface area contributed by atoms with E-state index in [0.29, 0.717) is 16.9 Å². The van der Waals surface area contributed by atoms with Gasteiger partial charge >= 0.3 is 0 Å². The van der Waals surface area contributed by atoms with Crippen molar-refractivity contribution in [2.24, 2.45) is 0 Å². The van der Waals surface area contributed by atoms with Gasteiger partial charge in [0.05, 0.1) is 0 Å². The van der Waals surface area contributed by atoms with Crippen LogP contribution in [0.4, 0.5) is 5.69 Å². The van der Waals surface area contributed by atoms with E-state index in [9.17, 15) is 9.59 Å². The molecule has 0 aliphatic rings. The second-order valence-corrected chi connectivity index (χ2v) is 5.83. The molecule has 1 atom stereocenters. The first kappa shape index (κ1) is 17.4. The van der Waals surface area contributed by atoms with Gasteiger partial charge in [0.25, 0.3) is 5.91 Å². The first-order valence-corrected chi connectivity index (χ1v) is 8.36. The van der Waals surface area contributed by atoms with Gasteiger partial charge in [-0.1, -0.05) is 48.5 Å². The monoisotopic (exact) mass is 345 g/mol. The predicted octanol–water partition coefficient (Wildman–Crippen LogP) is 4.32. The number of hydrogen-bond donors (Lipinski definition) is 1. The standard InChI is InChI=1S/C22H19NO3/c1-16(22(25)23-19-10-6-3-7-11-19)26-20-14-12-18(13-15-20)21(24)17-8-4-2-5-9-17/h2-16H,1H3,(H,23,25)/t16-/m1/s1. The third-order valence-electron chi connectivity index (χ3n) is 3.88. The van der Waals surface area contributed by atoms with E-state index in [1.54, 1.807) is 43.3 Å². The lowest BCUT2D eigenvalue weighted by Gasteiger charge is -2.15. The molecule has 0 saturated heterocycles. The Morgan fingerprint density at radius 2 is 1.31 bits per heavy atom. The van der Waals surface area contributed by atoms with Gasteiger partial charge in [-0.05, 0) is 43.3 Å². The van der Waals surface area contributed by atoms with E-state index in [-0.39, 0.29) is 11.7 Å². The maximum absolute atomic E-state index is 12.4. The molecule has 0 spiro atoms. The molecule has 0 saturated carbocycles. The number of carbonyl (C=O) groups excluding carboxylic acids is 2. The van der Waals surface area contributed by atoms with Gasteiger partial charge < -0.3 is 10.1 Å². The van der Waals surface area contributed by atoms with E-state index in [1.807, 2.05) is 48.5 Å². The Labute approximate surface area is 152 Å². The van der Waals surface area contributed by atoms with Crippen molar-refractivity contribution in [3.05, 3.63) is 96.1 Å². The summed E-state index contributed by atoms with van der Waals surface area (Å²) in [5.74, 6) is 0.248. The fourth-order valence-corrected chi connectivity index (χ4v) is 2.46. The van der Waals surface area contributed by atoms with Crippen LogP contribution in [0.2, 0.25) is 0 Å². The lowest BCUT2D eigenvalue weighted by Crippen LogP contribution is -2.30. The highest BCUT2D eigenvalue weighted by Crippen LogP contribution is 2.17. The van der Waals surface area contributed by atoms with Crippen molar-refractivity contribution in [1.29, 1.82) is 0 Å². The van der Waals surface area contributed by atoms with Crippen molar-refractivity contribution < 1.29 is 14.3 Å². The summed E-state index contributed by atoms with van der Waals surface area (Å²) in [6.45, 7) is 1.68. The zero-order valence-electron chi connectivity index (χ0n) is 14.4. The van der Waals surface area contributed by atoms with Gasteiger partial charge in [-0.15, -0.1) is 0 Å². The molecular formula is C22H19NO3. The second-order valence-electron chi connectivity index (χ2n) is 5.83. The number of nitrogens with one attached hydrogen (secondary N) is 1. The van der Waals surface area contributed by atoms with Gasteiger partial charge in [0.2, 0.25) is 0 Å². The van der Waals surface area contributed by atoms with Crippen molar-refractivity contribution in [2.45, 2.75) is 13.0 Å². The minimum atomic E-state index is -0.661. The summed E-state index contributed by atoms with van der Waals surface area (Å²) in [5.41, 5.74) is 1.93. The molecule has 3 aromatic rings. The normalized spacial score (nSPS) is 11.4. The molecule has 4 nitrogen and oxygen atoms in total. The van der Waals surface area contributed by atoms with E-state index in [2.05, 4.69) is 5.32 Å². The minimum absolute atomic E-state index is 0.0491. The van der Waals surface area contributed by atoms with Crippen LogP contribution in [-0.4, -0.2) is 17.8 Å². The second kappa shape index (κ2) is 8.12. The number of carbonyl (C=O) groups is 2. The van der Waals surface area contributed by atoms with Crippen LogP contribution in [0.1, 0.15) is 22.8 Å². The average molecular weight is 345 g/mol. The molecule has 0 radical (unpaired) electrons. The molecule has 26 heavy (non-hydrogen) atoms. The Balaban J connectivity index is 1.62. The molecule has 130 valence electrons. The molecule has 0 heterocycles. The van der Waals surface area contributed by atoms with Crippen molar-refractivity contribution in [3.8, 4) is 5.75 Å². The highest BCUT2D eigenvalue weighted by atomic mass is 16.5. The van der Waals surface area contributed by atoms with Gasteiger partial charge in [0.15, 0.2) is 11.9 Å². The van der Waals surface area contributed by atoms with E-state index in [4.69, 9.17) is 4.74 Å². The van der Waals surface area contributed by atoms with Crippen LogP contribution in [0, 0.1) is 0 Å². The molecule has 1 N–H and O–H groups in total. The third-order valence-corrected chi connectivity index (χ3v) is 3.88. The zero-order valence-corrected chi connectivity index (χ0v) is 14.4. The Morgan fingerprint density at radius 3 is 1.92 bits per heavy atom. The number of para-hydroxylation sites is 1. The summed E-state index contributed by atoms with van der Waals surface area (Å²) in [6.07, 6.45) is -0.661. The summed E-state index contributed by atoms with van der Waals surface area (Å²) in [4.78, 5) is 24.6. The van der Waals surface area contributed by atoms with Crippen molar-refractivity contribution in [3.63, 3.8) is 0 Å². The Morgan fingerprint density at radius 1 is 0.769 bits per heavy atom. The minimum Gasteiger partial charge on any atom is -0.481 e. The molecule has 0 aromatic heterocycles. The number of anilines is 1. The summed E-state index contributed by atoms with van der Waals surface area (Å²) in [6, 6.07) is 25.1. The molecular weight excluding hydrogens is 326 g/mol. The number of ketones is 1. The molecule has 3 aromatic carbocycles. The Hall–Kier alpha value is -3.40. The number of ether oxygens (including phenoxy) is 1. The SMILES string of the molecule is C[C@@H](Oc1ccc(C(=O)c2ccccc2)cc1)C(=O)Nc1ccccc1. The predicted molar refractivity (Wildman–Crippen MR) is 101 cm³/mol. The van der Waals surface area contributed by atoms with Crippen LogP contribution in [0.3, 0.4) is 0 Å². The fraction of sp³-hybridized carbons (Fsp3) is 0.0909. The van der Waals surface area contributed by atoms with Gasteiger partial charge in [0.1, 0.15) is 5.75 Å². The molecule has 4 heteroatoms. The van der Waals surface area contributed by atoms with Crippen molar-refractivity contribution >= 4 is 17.4 Å². The van der Waals surface area contributed by atoms with Crippen LogP contribution in [0.15, 0.2) is 84.9 Å². The van der Waals surface area contributed by atoms with Crippen molar-refractivity contribution in [2.75, 3.05) is 5.32 Å². The summed E-state index contributed by atoms with van der Waals surface area (Å²) in [5, 5.41) is 2.79. The van der Waals surface area contributed by atoms with Gasteiger partial charge in [-0.25, -0.2) is 0 Å². The van der Waals surface area contributed by atoms with Gasteiger partial charge in [-0.2, -0.15) is 0 Å². The van der Waals surface area contributed by atoms with Gasteiger partial charge in [-0.3, -0.25) is 9.59 Å². The summed E-state index contributed by atoms with van der Waals surface area (Å²) < 4.78 is 5.67. The van der Waals surface area contributed by atoms with E-state index < -0.39 is 6.10 Å². The molecule has 0 aliphatic heterocycles. The highest BCUT2D eigenvalue weighted by Gasteiger charge is 2.15.